The average molecular weight is 515 g/mol. The molecule has 206 valence electrons. The number of halogens is 3. The van der Waals surface area contributed by atoms with E-state index in [2.05, 4.69) is 26.0 Å². The zero-order chi connectivity index (χ0) is 26.7. The van der Waals surface area contributed by atoms with E-state index >= 15 is 0 Å². The third kappa shape index (κ3) is 7.02. The molecule has 0 unspecified atom stereocenters. The first-order valence-corrected chi connectivity index (χ1v) is 13.8. The Morgan fingerprint density at radius 1 is 1.14 bits per heavy atom. The van der Waals surface area contributed by atoms with E-state index < -0.39 is 36.2 Å². The van der Waals surface area contributed by atoms with Crippen LogP contribution < -0.4 is 0 Å². The van der Waals surface area contributed by atoms with E-state index in [1.807, 2.05) is 0 Å². The molecule has 0 spiro atoms. The molecule has 0 aromatic carbocycles. The van der Waals surface area contributed by atoms with Gasteiger partial charge in [-0.05, 0) is 87.9 Å². The number of unbranched alkanes of at least 4 members (excludes halogenated alkanes) is 1. The molecule has 3 aliphatic rings. The number of alkyl halides is 3. The van der Waals surface area contributed by atoms with Gasteiger partial charge in [0.15, 0.2) is 5.60 Å². The lowest BCUT2D eigenvalue weighted by molar-refractivity contribution is -0.253. The summed E-state index contributed by atoms with van der Waals surface area (Å²) < 4.78 is 38.4. The molecule has 0 aromatic heterocycles. The Bertz CT molecular complexity index is 819. The molecule has 0 amide bonds. The van der Waals surface area contributed by atoms with Crippen LogP contribution in [0.4, 0.5) is 13.2 Å². The summed E-state index contributed by atoms with van der Waals surface area (Å²) in [6, 6.07) is 0. The number of aliphatic hydroxyl groups excluding tert-OH is 2. The van der Waals surface area contributed by atoms with Crippen molar-refractivity contribution in [3.05, 3.63) is 23.3 Å². The molecule has 3 rings (SSSR count). The summed E-state index contributed by atoms with van der Waals surface area (Å²) in [5.41, 5.74) is -0.115. The van der Waals surface area contributed by atoms with Gasteiger partial charge < -0.3 is 15.3 Å². The molecule has 3 aliphatic carbocycles. The lowest BCUT2D eigenvalue weighted by Crippen LogP contribution is -2.43. The van der Waals surface area contributed by atoms with Crippen LogP contribution in [0.2, 0.25) is 0 Å². The summed E-state index contributed by atoms with van der Waals surface area (Å²) in [6.07, 6.45) is 7.71. The summed E-state index contributed by atoms with van der Waals surface area (Å²) in [5.74, 6) is 1.07. The second-order valence-corrected chi connectivity index (χ2v) is 12.3. The Kier molecular flexibility index (Phi) is 9.54. The van der Waals surface area contributed by atoms with Gasteiger partial charge in [0.05, 0.1) is 12.2 Å². The van der Waals surface area contributed by atoms with E-state index in [-0.39, 0.29) is 11.8 Å². The normalized spacial score (nSPS) is 34.8. The van der Waals surface area contributed by atoms with E-state index in [4.69, 9.17) is 0 Å². The zero-order valence-corrected chi connectivity index (χ0v) is 22.1. The number of carbonyl (C=O) groups is 1. The molecule has 0 aromatic rings. The first-order chi connectivity index (χ1) is 16.7. The van der Waals surface area contributed by atoms with E-state index in [0.717, 1.165) is 37.7 Å². The minimum absolute atomic E-state index is 0.0778. The molecule has 7 atom stereocenters. The highest BCUT2D eigenvalue weighted by molar-refractivity contribution is 5.79. The predicted octanol–water partition coefficient (Wildman–Crippen LogP) is 6.43. The van der Waals surface area contributed by atoms with Gasteiger partial charge in [-0.2, -0.15) is 13.2 Å². The molecule has 3 N–H and O–H groups in total. The Hall–Kier alpha value is -1.18. The van der Waals surface area contributed by atoms with Crippen LogP contribution in [-0.4, -0.2) is 45.1 Å². The monoisotopic (exact) mass is 514 g/mol. The molecular formula is C29H45F3O4. The molecule has 0 bridgehead atoms. The number of hydrogen-bond donors (Lipinski definition) is 3. The van der Waals surface area contributed by atoms with Gasteiger partial charge in [0.1, 0.15) is 5.78 Å². The Morgan fingerprint density at radius 2 is 1.81 bits per heavy atom. The van der Waals surface area contributed by atoms with Gasteiger partial charge in [-0.25, -0.2) is 0 Å². The molecule has 0 aliphatic heterocycles. The fraction of sp³-hybridized carbons (Fsp3) is 0.828. The predicted molar refractivity (Wildman–Crippen MR) is 134 cm³/mol. The van der Waals surface area contributed by atoms with Crippen molar-refractivity contribution in [2.75, 3.05) is 0 Å². The highest BCUT2D eigenvalue weighted by Crippen LogP contribution is 2.60. The van der Waals surface area contributed by atoms with Crippen molar-refractivity contribution in [1.29, 1.82) is 0 Å². The van der Waals surface area contributed by atoms with E-state index in [0.29, 0.717) is 50.4 Å². The minimum Gasteiger partial charge on any atom is -0.393 e. The van der Waals surface area contributed by atoms with Gasteiger partial charge in [0, 0.05) is 12.8 Å². The summed E-state index contributed by atoms with van der Waals surface area (Å²) in [4.78, 5) is 12.0. The maximum atomic E-state index is 12.8. The molecule has 0 radical (unpaired) electrons. The van der Waals surface area contributed by atoms with Crippen LogP contribution >= 0.6 is 0 Å². The van der Waals surface area contributed by atoms with Crippen LogP contribution in [0.25, 0.3) is 0 Å². The van der Waals surface area contributed by atoms with Gasteiger partial charge in [0.25, 0.3) is 0 Å². The highest BCUT2D eigenvalue weighted by atomic mass is 19.4. The van der Waals surface area contributed by atoms with Crippen LogP contribution in [-0.2, 0) is 4.79 Å². The molecule has 7 heteroatoms. The summed E-state index contributed by atoms with van der Waals surface area (Å²) in [7, 11) is 0. The first kappa shape index (κ1) is 29.4. The number of ketones is 1. The van der Waals surface area contributed by atoms with Gasteiger partial charge in [-0.15, -0.1) is 0 Å². The third-order valence-electron chi connectivity index (χ3n) is 9.31. The van der Waals surface area contributed by atoms with Crippen molar-refractivity contribution in [3.63, 3.8) is 0 Å². The second kappa shape index (κ2) is 11.7. The molecule has 0 saturated heterocycles. The quantitative estimate of drug-likeness (QED) is 0.310. The number of aliphatic hydroxyl groups is 3. The number of Topliss-reactive ketones (excluding diaryl/α,β-unsaturated/α-hetero) is 1. The average Bonchev–Trinajstić information content (AvgIpc) is 3.11. The Labute approximate surface area is 214 Å². The standard InChI is InChI=1S/C29H45F3O4/c1-19(7-4-5-9-22(33)18-28(3,36)29(30,31)32)25-12-13-26-21(8-6-14-27(25,26)2)11-10-20-15-23(34)17-24(35)16-20/h10-11,19,23-26,34-36H,4-9,12-18H2,1-3H3/b21-11+/t19-,23-,24-,25-,26+,27-,28-/m1/s1. The molecule has 3 saturated carbocycles. The topological polar surface area (TPSA) is 77.8 Å². The molecule has 36 heavy (non-hydrogen) atoms. The van der Waals surface area contributed by atoms with Crippen molar-refractivity contribution in [2.24, 2.45) is 23.2 Å². The summed E-state index contributed by atoms with van der Waals surface area (Å²) >= 11 is 0. The van der Waals surface area contributed by atoms with Crippen LogP contribution in [0.5, 0.6) is 0 Å². The number of allylic oxidation sites excluding steroid dienone is 3. The number of rotatable bonds is 9. The summed E-state index contributed by atoms with van der Waals surface area (Å²) in [5, 5.41) is 29.5. The smallest absolute Gasteiger partial charge is 0.393 e. The van der Waals surface area contributed by atoms with Crippen molar-refractivity contribution < 1.29 is 33.3 Å². The van der Waals surface area contributed by atoms with Crippen LogP contribution in [0, 0.1) is 23.2 Å². The van der Waals surface area contributed by atoms with Crippen LogP contribution in [0.15, 0.2) is 23.3 Å². The van der Waals surface area contributed by atoms with Crippen molar-refractivity contribution in [1.82, 2.24) is 0 Å². The highest BCUT2D eigenvalue weighted by Gasteiger charge is 2.51. The largest absolute Gasteiger partial charge is 0.417 e. The van der Waals surface area contributed by atoms with E-state index in [1.54, 1.807) is 0 Å². The van der Waals surface area contributed by atoms with E-state index in [9.17, 15) is 33.3 Å². The molecule has 4 nitrogen and oxygen atoms in total. The maximum Gasteiger partial charge on any atom is 0.417 e. The third-order valence-corrected chi connectivity index (χ3v) is 9.31. The molecule has 3 fully saturated rings. The van der Waals surface area contributed by atoms with Gasteiger partial charge in [-0.1, -0.05) is 50.0 Å². The first-order valence-electron chi connectivity index (χ1n) is 13.8. The molecular weight excluding hydrogens is 469 g/mol. The maximum absolute atomic E-state index is 12.8. The summed E-state index contributed by atoms with van der Waals surface area (Å²) in [6.45, 7) is 5.36. The fourth-order valence-electron chi connectivity index (χ4n) is 7.31. The second-order valence-electron chi connectivity index (χ2n) is 12.3. The van der Waals surface area contributed by atoms with Crippen LogP contribution in [0.1, 0.15) is 104 Å². The van der Waals surface area contributed by atoms with Gasteiger partial charge in [-0.3, -0.25) is 4.79 Å². The lowest BCUT2D eigenvalue weighted by Gasteiger charge is -2.44. The van der Waals surface area contributed by atoms with Crippen molar-refractivity contribution in [2.45, 2.75) is 128 Å². The van der Waals surface area contributed by atoms with E-state index in [1.165, 1.54) is 18.4 Å². The molecule has 0 heterocycles. The van der Waals surface area contributed by atoms with Crippen molar-refractivity contribution in [3.8, 4) is 0 Å². The van der Waals surface area contributed by atoms with Crippen molar-refractivity contribution >= 4 is 5.78 Å². The lowest BCUT2D eigenvalue weighted by atomic mass is 9.60. The number of hydrogen-bond acceptors (Lipinski definition) is 4. The SMILES string of the molecule is C[C@H](CCCCC(=O)C[C@@](C)(O)C(F)(F)F)[C@H]1CC[C@H]2/C(=C/C=C3C[C@@H](O)C[C@H](O)C3)CCC[C@]12C. The van der Waals surface area contributed by atoms with Gasteiger partial charge >= 0.3 is 6.18 Å². The van der Waals surface area contributed by atoms with Crippen LogP contribution in [0.3, 0.4) is 0 Å². The zero-order valence-electron chi connectivity index (χ0n) is 22.1. The Morgan fingerprint density at radius 3 is 2.44 bits per heavy atom. The minimum atomic E-state index is -4.80. The fourth-order valence-corrected chi connectivity index (χ4v) is 7.31. The van der Waals surface area contributed by atoms with Gasteiger partial charge in [0.2, 0.25) is 0 Å². The number of fused-ring (bicyclic) bond motifs is 1. The number of carbonyl (C=O) groups excluding carboxylic acids is 1. The Balaban J connectivity index is 1.52.